The van der Waals surface area contributed by atoms with E-state index in [0.717, 1.165) is 0 Å². The fourth-order valence-electron chi connectivity index (χ4n) is 1.16. The maximum Gasteiger partial charge on any atom is 0.267 e. The molecule has 0 aromatic carbocycles. The minimum atomic E-state index is -0.343. The molecule has 3 N–H and O–H groups in total. The van der Waals surface area contributed by atoms with Crippen molar-refractivity contribution in [2.45, 2.75) is 19.4 Å². The van der Waals surface area contributed by atoms with E-state index >= 15 is 0 Å². The van der Waals surface area contributed by atoms with E-state index in [0.29, 0.717) is 18.0 Å². The normalized spacial score (nSPS) is 15.2. The minimum absolute atomic E-state index is 0.169. The highest BCUT2D eigenvalue weighted by Crippen LogP contribution is 1.99. The topological polar surface area (TPSA) is 125 Å². The Balaban J connectivity index is 1.86. The Morgan fingerprint density at radius 3 is 2.94 bits per heavy atom. The molecule has 1 aromatic heterocycles. The van der Waals surface area contributed by atoms with Gasteiger partial charge in [0.05, 0.1) is 6.54 Å². The average Bonchev–Trinajstić information content (AvgIpc) is 2.80. The maximum atomic E-state index is 11.5. The van der Waals surface area contributed by atoms with Crippen LogP contribution in [-0.2, 0) is 16.1 Å². The Kier molecular flexibility index (Phi) is 2.85. The second-order valence-corrected chi connectivity index (χ2v) is 3.10. The highest BCUT2D eigenvalue weighted by Gasteiger charge is 2.18. The van der Waals surface area contributed by atoms with Gasteiger partial charge in [0.2, 0.25) is 5.91 Å². The molecule has 2 heterocycles. The summed E-state index contributed by atoms with van der Waals surface area (Å²) in [7, 11) is 0. The first kappa shape index (κ1) is 10.2. The molecular formula is C7H9N7O2. The van der Waals surface area contributed by atoms with Crippen LogP contribution in [0.3, 0.4) is 0 Å². The van der Waals surface area contributed by atoms with E-state index in [1.54, 1.807) is 0 Å². The van der Waals surface area contributed by atoms with Crippen molar-refractivity contribution in [1.29, 1.82) is 0 Å². The third kappa shape index (κ3) is 2.38. The molecule has 9 heteroatoms. The highest BCUT2D eigenvalue weighted by atomic mass is 16.2. The molecule has 0 radical (unpaired) electrons. The second kappa shape index (κ2) is 4.47. The third-order valence-electron chi connectivity index (χ3n) is 1.96. The summed E-state index contributed by atoms with van der Waals surface area (Å²) < 4.78 is 0. The largest absolute Gasteiger partial charge is 0.343 e. The molecule has 1 aliphatic rings. The van der Waals surface area contributed by atoms with Gasteiger partial charge in [0.1, 0.15) is 5.71 Å². The van der Waals surface area contributed by atoms with Gasteiger partial charge in [-0.15, -0.1) is 10.2 Å². The summed E-state index contributed by atoms with van der Waals surface area (Å²) in [5.41, 5.74) is 2.54. The number of hydrogen-bond acceptors (Lipinski definition) is 6. The number of H-pyrrole nitrogens is 1. The smallest absolute Gasteiger partial charge is 0.267 e. The average molecular weight is 223 g/mol. The number of hydrogen-bond donors (Lipinski definition) is 3. The van der Waals surface area contributed by atoms with Crippen LogP contribution in [0.4, 0.5) is 0 Å². The predicted octanol–water partition coefficient (Wildman–Crippen LogP) is -1.92. The highest BCUT2D eigenvalue weighted by molar-refractivity contribution is 6.39. The van der Waals surface area contributed by atoms with Crippen LogP contribution >= 0.6 is 0 Å². The third-order valence-corrected chi connectivity index (χ3v) is 1.96. The van der Waals surface area contributed by atoms with Crippen molar-refractivity contribution in [2.24, 2.45) is 5.10 Å². The van der Waals surface area contributed by atoms with E-state index in [-0.39, 0.29) is 24.8 Å². The van der Waals surface area contributed by atoms with Crippen LogP contribution in [0.15, 0.2) is 5.10 Å². The van der Waals surface area contributed by atoms with Gasteiger partial charge in [-0.1, -0.05) is 5.21 Å². The summed E-state index contributed by atoms with van der Waals surface area (Å²) in [5, 5.41) is 19.2. The number of tetrazole rings is 1. The van der Waals surface area contributed by atoms with E-state index in [4.69, 9.17) is 0 Å². The van der Waals surface area contributed by atoms with Crippen molar-refractivity contribution in [1.82, 2.24) is 31.4 Å². The van der Waals surface area contributed by atoms with Gasteiger partial charge >= 0.3 is 0 Å². The second-order valence-electron chi connectivity index (χ2n) is 3.10. The van der Waals surface area contributed by atoms with Crippen molar-refractivity contribution in [3.05, 3.63) is 5.82 Å². The van der Waals surface area contributed by atoms with Gasteiger partial charge in [0.15, 0.2) is 5.82 Å². The summed E-state index contributed by atoms with van der Waals surface area (Å²) in [6.45, 7) is 0.169. The Morgan fingerprint density at radius 1 is 1.44 bits per heavy atom. The molecule has 16 heavy (non-hydrogen) atoms. The van der Waals surface area contributed by atoms with Gasteiger partial charge < -0.3 is 5.32 Å². The Morgan fingerprint density at radius 2 is 2.31 bits per heavy atom. The quantitative estimate of drug-likeness (QED) is 0.551. The number of carbonyl (C=O) groups is 2. The molecule has 0 spiro atoms. The first-order chi connectivity index (χ1) is 7.75. The molecule has 0 unspecified atom stereocenters. The molecule has 1 aliphatic heterocycles. The van der Waals surface area contributed by atoms with Crippen LogP contribution in [-0.4, -0.2) is 38.2 Å². The number of aromatic nitrogens is 4. The summed E-state index contributed by atoms with van der Waals surface area (Å²) in [6, 6.07) is 0. The lowest BCUT2D eigenvalue weighted by atomic mass is 10.1. The molecule has 0 atom stereocenters. The molecular weight excluding hydrogens is 214 g/mol. The Hall–Kier alpha value is -2.32. The maximum absolute atomic E-state index is 11.5. The van der Waals surface area contributed by atoms with Crippen LogP contribution in [0, 0.1) is 0 Å². The lowest BCUT2D eigenvalue weighted by Gasteiger charge is -2.10. The van der Waals surface area contributed by atoms with Crippen molar-refractivity contribution in [3.63, 3.8) is 0 Å². The number of hydrazone groups is 1. The van der Waals surface area contributed by atoms with Crippen molar-refractivity contribution >= 4 is 17.5 Å². The van der Waals surface area contributed by atoms with E-state index in [1.165, 1.54) is 0 Å². The number of carbonyl (C=O) groups excluding carboxylic acids is 2. The Labute approximate surface area is 89.7 Å². The number of amides is 2. The minimum Gasteiger partial charge on any atom is -0.343 e. The van der Waals surface area contributed by atoms with Crippen LogP contribution in [0.2, 0.25) is 0 Å². The van der Waals surface area contributed by atoms with E-state index in [1.807, 2.05) is 0 Å². The van der Waals surface area contributed by atoms with Gasteiger partial charge in [-0.3, -0.25) is 9.59 Å². The summed E-state index contributed by atoms with van der Waals surface area (Å²) in [4.78, 5) is 22.3. The molecule has 84 valence electrons. The first-order valence-electron chi connectivity index (χ1n) is 4.61. The molecule has 0 saturated heterocycles. The fraction of sp³-hybridized carbons (Fsp3) is 0.429. The zero-order chi connectivity index (χ0) is 11.4. The van der Waals surface area contributed by atoms with E-state index in [9.17, 15) is 9.59 Å². The fourth-order valence-corrected chi connectivity index (χ4v) is 1.16. The molecule has 0 fully saturated rings. The van der Waals surface area contributed by atoms with Gasteiger partial charge in [-0.2, -0.15) is 10.3 Å². The molecule has 2 amide bonds. The zero-order valence-electron chi connectivity index (χ0n) is 8.23. The summed E-state index contributed by atoms with van der Waals surface area (Å²) in [6.07, 6.45) is 0.609. The molecule has 9 nitrogen and oxygen atoms in total. The van der Waals surface area contributed by atoms with Crippen LogP contribution in [0.25, 0.3) is 0 Å². The standard InChI is InChI=1S/C7H9N7O2/c15-6-2-1-4(9-12-6)7(16)8-3-5-10-13-14-11-5/h1-3H2,(H,8,16)(H,12,15)(H,10,11,13,14). The number of nitrogens with zero attached hydrogens (tertiary/aromatic N) is 4. The molecule has 2 rings (SSSR count). The number of rotatable bonds is 3. The van der Waals surface area contributed by atoms with E-state index in [2.05, 4.69) is 36.5 Å². The lowest BCUT2D eigenvalue weighted by Crippen LogP contribution is -2.36. The molecule has 0 aliphatic carbocycles. The monoisotopic (exact) mass is 223 g/mol. The lowest BCUT2D eigenvalue weighted by molar-refractivity contribution is -0.121. The molecule has 1 aromatic rings. The van der Waals surface area contributed by atoms with Gasteiger partial charge in [-0.05, 0) is 0 Å². The summed E-state index contributed by atoms with van der Waals surface area (Å²) >= 11 is 0. The van der Waals surface area contributed by atoms with Crippen molar-refractivity contribution < 1.29 is 9.59 Å². The first-order valence-corrected chi connectivity index (χ1v) is 4.61. The van der Waals surface area contributed by atoms with Gasteiger partial charge in [-0.25, -0.2) is 5.43 Å². The van der Waals surface area contributed by atoms with Crippen LogP contribution in [0.1, 0.15) is 18.7 Å². The Bertz CT molecular complexity index is 424. The van der Waals surface area contributed by atoms with E-state index < -0.39 is 0 Å². The van der Waals surface area contributed by atoms with Crippen LogP contribution in [0.5, 0.6) is 0 Å². The zero-order valence-corrected chi connectivity index (χ0v) is 8.23. The number of aromatic amines is 1. The molecule has 0 saturated carbocycles. The predicted molar refractivity (Wildman–Crippen MR) is 50.8 cm³/mol. The summed E-state index contributed by atoms with van der Waals surface area (Å²) in [5.74, 6) is -0.145. The molecule has 0 bridgehead atoms. The van der Waals surface area contributed by atoms with Crippen LogP contribution < -0.4 is 10.7 Å². The SMILES string of the molecule is O=C1CCC(C(=O)NCc2nn[nH]n2)=NN1. The van der Waals surface area contributed by atoms with Crippen molar-refractivity contribution in [2.75, 3.05) is 0 Å². The number of nitrogens with one attached hydrogen (secondary N) is 3. The van der Waals surface area contributed by atoms with Crippen molar-refractivity contribution in [3.8, 4) is 0 Å². The van der Waals surface area contributed by atoms with Gasteiger partial charge in [0.25, 0.3) is 5.91 Å². The van der Waals surface area contributed by atoms with Gasteiger partial charge in [0, 0.05) is 12.8 Å².